The van der Waals surface area contributed by atoms with E-state index in [0.29, 0.717) is 17.5 Å². The minimum atomic E-state index is -3.62. The van der Waals surface area contributed by atoms with Crippen LogP contribution in [-0.4, -0.2) is 28.1 Å². The van der Waals surface area contributed by atoms with E-state index in [2.05, 4.69) is 70.7 Å². The zero-order chi connectivity index (χ0) is 28.0. The lowest BCUT2D eigenvalue weighted by Gasteiger charge is -2.41. The van der Waals surface area contributed by atoms with Gasteiger partial charge < -0.3 is 10.1 Å². The van der Waals surface area contributed by atoms with Crippen molar-refractivity contribution in [3.05, 3.63) is 120 Å². The molecule has 0 aromatic heterocycles. The lowest BCUT2D eigenvalue weighted by atomic mass is 9.68. The van der Waals surface area contributed by atoms with Crippen LogP contribution in [0.4, 0.5) is 0 Å². The smallest absolute Gasteiger partial charge is 0.240 e. The topological polar surface area (TPSA) is 67.4 Å². The molecule has 1 aliphatic rings. The molecule has 40 heavy (non-hydrogen) atoms. The van der Waals surface area contributed by atoms with Crippen LogP contribution in [0.5, 0.6) is 5.75 Å². The van der Waals surface area contributed by atoms with Crippen molar-refractivity contribution in [2.75, 3.05) is 13.7 Å². The Morgan fingerprint density at radius 2 is 1.50 bits per heavy atom. The molecule has 6 heteroatoms. The van der Waals surface area contributed by atoms with Crippen LogP contribution in [0.1, 0.15) is 42.4 Å². The zero-order valence-electron chi connectivity index (χ0n) is 23.3. The van der Waals surface area contributed by atoms with Crippen LogP contribution >= 0.6 is 0 Å². The molecule has 0 bridgehead atoms. The molecule has 0 radical (unpaired) electrons. The van der Waals surface area contributed by atoms with Crippen LogP contribution < -0.4 is 14.8 Å². The number of benzene rings is 4. The molecular formula is C34H38N2O3S. The third kappa shape index (κ3) is 6.64. The Labute approximate surface area is 238 Å². The van der Waals surface area contributed by atoms with Crippen molar-refractivity contribution in [1.82, 2.24) is 10.0 Å². The Kier molecular flexibility index (Phi) is 8.69. The van der Waals surface area contributed by atoms with Crippen LogP contribution in [0, 0.1) is 6.92 Å². The quantitative estimate of drug-likeness (QED) is 0.231. The second kappa shape index (κ2) is 12.4. The number of ether oxygens (including phenoxy) is 1. The fourth-order valence-electron chi connectivity index (χ4n) is 5.64. The summed E-state index contributed by atoms with van der Waals surface area (Å²) in [5.74, 6) is 0.789. The molecule has 0 aliphatic heterocycles. The molecule has 0 heterocycles. The molecule has 208 valence electrons. The van der Waals surface area contributed by atoms with Crippen LogP contribution in [0.15, 0.2) is 108 Å². The van der Waals surface area contributed by atoms with Crippen LogP contribution in [0.25, 0.3) is 11.1 Å². The van der Waals surface area contributed by atoms with Gasteiger partial charge in [-0.2, -0.15) is 0 Å². The Morgan fingerprint density at radius 1 is 0.825 bits per heavy atom. The highest BCUT2D eigenvalue weighted by molar-refractivity contribution is 7.89. The standard InChI is InChI=1S/C34H38N2O3S/c1-26-11-17-33(18-12-26)40(37,38)36-25-34(30-9-6-10-32(23-30)39-2)21-19-31(20-22-34)35-24-27-13-15-29(16-14-27)28-7-4-3-5-8-28/h3-18,23,31,35-36H,19-22,24-25H2,1-2H3/t31-,34-. The number of hydrogen-bond acceptors (Lipinski definition) is 4. The fraction of sp³-hybridized carbons (Fsp3) is 0.294. The van der Waals surface area contributed by atoms with E-state index in [4.69, 9.17) is 4.74 Å². The summed E-state index contributed by atoms with van der Waals surface area (Å²) in [4.78, 5) is 0.299. The Morgan fingerprint density at radius 3 is 2.17 bits per heavy atom. The van der Waals surface area contributed by atoms with Crippen molar-refractivity contribution in [3.8, 4) is 16.9 Å². The molecule has 4 aromatic rings. The average molecular weight is 555 g/mol. The molecule has 5 rings (SSSR count). The second-order valence-corrected chi connectivity index (χ2v) is 12.6. The third-order valence-electron chi connectivity index (χ3n) is 8.21. The van der Waals surface area contributed by atoms with E-state index in [1.807, 2.05) is 37.3 Å². The molecule has 0 amide bonds. The van der Waals surface area contributed by atoms with Gasteiger partial charge in [0.15, 0.2) is 0 Å². The highest BCUT2D eigenvalue weighted by atomic mass is 32.2. The molecule has 0 unspecified atom stereocenters. The summed E-state index contributed by atoms with van der Waals surface area (Å²) in [5.41, 5.74) is 5.55. The first kappa shape index (κ1) is 28.1. The lowest BCUT2D eigenvalue weighted by molar-refractivity contribution is 0.245. The summed E-state index contributed by atoms with van der Waals surface area (Å²) < 4.78 is 34.8. The number of sulfonamides is 1. The van der Waals surface area contributed by atoms with E-state index in [-0.39, 0.29) is 5.41 Å². The molecule has 1 aliphatic carbocycles. The van der Waals surface area contributed by atoms with Gasteiger partial charge in [0.2, 0.25) is 10.0 Å². The SMILES string of the molecule is COc1cccc([C@]2(CNS(=O)(=O)c3ccc(C)cc3)CC[C@@H](NCc3ccc(-c4ccccc4)cc3)CC2)c1. The summed E-state index contributed by atoms with van der Waals surface area (Å²) in [6.45, 7) is 3.11. The van der Waals surface area contributed by atoms with E-state index in [1.165, 1.54) is 16.7 Å². The number of aryl methyl sites for hydroxylation is 1. The van der Waals surface area contributed by atoms with Crippen LogP contribution in [0.3, 0.4) is 0 Å². The van der Waals surface area contributed by atoms with Crippen molar-refractivity contribution >= 4 is 10.0 Å². The summed E-state index contributed by atoms with van der Waals surface area (Å²) in [5, 5.41) is 3.75. The van der Waals surface area contributed by atoms with Gasteiger partial charge in [-0.1, -0.05) is 84.4 Å². The molecule has 2 N–H and O–H groups in total. The first-order valence-corrected chi connectivity index (χ1v) is 15.4. The monoisotopic (exact) mass is 554 g/mol. The summed E-state index contributed by atoms with van der Waals surface area (Å²) in [7, 11) is -1.95. The normalized spacial score (nSPS) is 19.3. The van der Waals surface area contributed by atoms with Crippen LogP contribution in [-0.2, 0) is 22.0 Å². The summed E-state index contributed by atoms with van der Waals surface area (Å²) in [6.07, 6.45) is 3.68. The molecule has 1 fully saturated rings. The van der Waals surface area contributed by atoms with Crippen molar-refractivity contribution < 1.29 is 13.2 Å². The van der Waals surface area contributed by atoms with Crippen molar-refractivity contribution in [3.63, 3.8) is 0 Å². The van der Waals surface area contributed by atoms with Gasteiger partial charge in [-0.3, -0.25) is 0 Å². The van der Waals surface area contributed by atoms with E-state index in [0.717, 1.165) is 49.1 Å². The molecule has 1 saturated carbocycles. The van der Waals surface area contributed by atoms with Gasteiger partial charge in [0.05, 0.1) is 12.0 Å². The van der Waals surface area contributed by atoms with Gasteiger partial charge in [-0.25, -0.2) is 13.1 Å². The number of hydrogen-bond donors (Lipinski definition) is 2. The zero-order valence-corrected chi connectivity index (χ0v) is 24.1. The van der Waals surface area contributed by atoms with Gasteiger partial charge >= 0.3 is 0 Å². The molecule has 5 nitrogen and oxygen atoms in total. The largest absolute Gasteiger partial charge is 0.497 e. The van der Waals surface area contributed by atoms with Crippen molar-refractivity contribution in [1.29, 1.82) is 0 Å². The Balaban J connectivity index is 1.25. The lowest BCUT2D eigenvalue weighted by Crippen LogP contribution is -2.46. The highest BCUT2D eigenvalue weighted by Crippen LogP contribution is 2.40. The van der Waals surface area contributed by atoms with Crippen molar-refractivity contribution in [2.24, 2.45) is 0 Å². The van der Waals surface area contributed by atoms with Crippen molar-refractivity contribution in [2.45, 2.75) is 55.5 Å². The highest BCUT2D eigenvalue weighted by Gasteiger charge is 2.38. The first-order valence-electron chi connectivity index (χ1n) is 14.0. The summed E-state index contributed by atoms with van der Waals surface area (Å²) >= 11 is 0. The maximum absolute atomic E-state index is 13.2. The fourth-order valence-corrected chi connectivity index (χ4v) is 6.76. The van der Waals surface area contributed by atoms with E-state index >= 15 is 0 Å². The molecular weight excluding hydrogens is 516 g/mol. The second-order valence-electron chi connectivity index (χ2n) is 10.9. The summed E-state index contributed by atoms with van der Waals surface area (Å²) in [6, 6.07) is 34.6. The Bertz CT molecular complexity index is 1490. The third-order valence-corrected chi connectivity index (χ3v) is 9.63. The van der Waals surface area contributed by atoms with Gasteiger partial charge in [0.25, 0.3) is 0 Å². The van der Waals surface area contributed by atoms with Gasteiger partial charge in [0.1, 0.15) is 5.75 Å². The van der Waals surface area contributed by atoms with E-state index in [9.17, 15) is 8.42 Å². The molecule has 0 spiro atoms. The minimum absolute atomic E-state index is 0.299. The maximum Gasteiger partial charge on any atom is 0.240 e. The van der Waals surface area contributed by atoms with Gasteiger partial charge in [0, 0.05) is 24.5 Å². The van der Waals surface area contributed by atoms with Gasteiger partial charge in [-0.15, -0.1) is 0 Å². The predicted octanol–water partition coefficient (Wildman–Crippen LogP) is 6.62. The molecule has 4 aromatic carbocycles. The first-order chi connectivity index (χ1) is 19.4. The predicted molar refractivity (Wildman–Crippen MR) is 162 cm³/mol. The minimum Gasteiger partial charge on any atom is -0.497 e. The van der Waals surface area contributed by atoms with Gasteiger partial charge in [-0.05, 0) is 79.1 Å². The number of methoxy groups -OCH3 is 1. The number of nitrogens with one attached hydrogen (secondary N) is 2. The maximum atomic E-state index is 13.2. The van der Waals surface area contributed by atoms with Crippen LogP contribution in [0.2, 0.25) is 0 Å². The van der Waals surface area contributed by atoms with E-state index < -0.39 is 10.0 Å². The molecule has 0 atom stereocenters. The molecule has 0 saturated heterocycles. The number of rotatable bonds is 10. The average Bonchev–Trinajstić information content (AvgIpc) is 3.00. The Hall–Kier alpha value is -3.45. The van der Waals surface area contributed by atoms with E-state index in [1.54, 1.807) is 19.2 Å².